The molecule has 2 rings (SSSR count). The van der Waals surface area contributed by atoms with Crippen LogP contribution in [0.25, 0.3) is 0 Å². The maximum atomic E-state index is 12.4. The van der Waals surface area contributed by atoms with E-state index in [9.17, 15) is 9.59 Å². The number of carbonyl (C=O) groups is 2. The van der Waals surface area contributed by atoms with Crippen LogP contribution in [0.5, 0.6) is 0 Å². The normalized spacial score (nSPS) is 19.1. The number of fused-ring (bicyclic) bond motifs is 1. The van der Waals surface area contributed by atoms with Crippen LogP contribution in [0, 0.1) is 5.92 Å². The van der Waals surface area contributed by atoms with Gasteiger partial charge < -0.3 is 9.64 Å². The number of hydrogen-bond donors (Lipinski definition) is 0. The van der Waals surface area contributed by atoms with Crippen LogP contribution in [0.3, 0.4) is 0 Å². The quantitative estimate of drug-likeness (QED) is 0.794. The van der Waals surface area contributed by atoms with Gasteiger partial charge in [-0.3, -0.25) is 9.59 Å². The van der Waals surface area contributed by atoms with Crippen LogP contribution in [0.4, 0.5) is 0 Å². The third-order valence-corrected chi connectivity index (χ3v) is 3.91. The molecule has 0 saturated heterocycles. The summed E-state index contributed by atoms with van der Waals surface area (Å²) in [5, 5.41) is 0. The number of esters is 1. The molecule has 1 amide bonds. The van der Waals surface area contributed by atoms with Gasteiger partial charge in [0.25, 0.3) is 0 Å². The molecule has 0 bridgehead atoms. The standard InChI is InChI=1S/C16H21NO3/c1-11(16(19)20-3)8-15(18)17-10-14-7-5-4-6-13(14)9-12(17)2/h4-7,11-12H,8-10H2,1-3H3/t11-,12+/m0/s1. The van der Waals surface area contributed by atoms with Crippen LogP contribution >= 0.6 is 0 Å². The van der Waals surface area contributed by atoms with Gasteiger partial charge in [0, 0.05) is 19.0 Å². The van der Waals surface area contributed by atoms with Crippen molar-refractivity contribution in [3.05, 3.63) is 35.4 Å². The summed E-state index contributed by atoms with van der Waals surface area (Å²) >= 11 is 0. The first kappa shape index (κ1) is 14.6. The highest BCUT2D eigenvalue weighted by Gasteiger charge is 2.28. The molecule has 0 N–H and O–H groups in total. The molecule has 1 aromatic carbocycles. The molecule has 1 aliphatic rings. The first-order valence-electron chi connectivity index (χ1n) is 6.97. The summed E-state index contributed by atoms with van der Waals surface area (Å²) in [6, 6.07) is 8.37. The Morgan fingerprint density at radius 3 is 2.65 bits per heavy atom. The zero-order valence-electron chi connectivity index (χ0n) is 12.3. The van der Waals surface area contributed by atoms with Crippen LogP contribution in [0.2, 0.25) is 0 Å². The minimum absolute atomic E-state index is 0.0184. The number of carbonyl (C=O) groups excluding carboxylic acids is 2. The number of methoxy groups -OCH3 is 1. The summed E-state index contributed by atoms with van der Waals surface area (Å²) in [6.07, 6.45) is 1.08. The molecule has 0 aromatic heterocycles. The van der Waals surface area contributed by atoms with E-state index in [1.165, 1.54) is 18.2 Å². The van der Waals surface area contributed by atoms with E-state index in [-0.39, 0.29) is 24.3 Å². The van der Waals surface area contributed by atoms with E-state index in [4.69, 9.17) is 0 Å². The maximum absolute atomic E-state index is 12.4. The molecule has 0 radical (unpaired) electrons. The van der Waals surface area contributed by atoms with Crippen LogP contribution in [0.1, 0.15) is 31.4 Å². The molecule has 0 fully saturated rings. The average molecular weight is 275 g/mol. The van der Waals surface area contributed by atoms with Crippen molar-refractivity contribution >= 4 is 11.9 Å². The highest BCUT2D eigenvalue weighted by molar-refractivity contribution is 5.83. The highest BCUT2D eigenvalue weighted by atomic mass is 16.5. The molecule has 0 aliphatic carbocycles. The lowest BCUT2D eigenvalue weighted by Crippen LogP contribution is -2.43. The molecule has 4 nitrogen and oxygen atoms in total. The average Bonchev–Trinajstić information content (AvgIpc) is 2.45. The number of hydrogen-bond acceptors (Lipinski definition) is 3. The molecule has 4 heteroatoms. The summed E-state index contributed by atoms with van der Waals surface area (Å²) in [7, 11) is 1.35. The summed E-state index contributed by atoms with van der Waals surface area (Å²) in [5.74, 6) is -0.704. The van der Waals surface area contributed by atoms with Crippen molar-refractivity contribution in [2.45, 2.75) is 39.3 Å². The van der Waals surface area contributed by atoms with E-state index in [1.54, 1.807) is 6.92 Å². The Bertz CT molecular complexity index is 512. The van der Waals surface area contributed by atoms with Gasteiger partial charge in [-0.15, -0.1) is 0 Å². The van der Waals surface area contributed by atoms with Crippen LogP contribution in [-0.4, -0.2) is 29.9 Å². The van der Waals surface area contributed by atoms with Crippen molar-refractivity contribution in [3.63, 3.8) is 0 Å². The van der Waals surface area contributed by atoms with Crippen molar-refractivity contribution in [1.29, 1.82) is 0 Å². The Hall–Kier alpha value is -1.84. The molecular weight excluding hydrogens is 254 g/mol. The van der Waals surface area contributed by atoms with Gasteiger partial charge >= 0.3 is 5.97 Å². The maximum Gasteiger partial charge on any atom is 0.308 e. The monoisotopic (exact) mass is 275 g/mol. The molecule has 1 aliphatic heterocycles. The number of ether oxygens (including phenoxy) is 1. The van der Waals surface area contributed by atoms with Crippen LogP contribution in [0.15, 0.2) is 24.3 Å². The molecule has 108 valence electrons. The summed E-state index contributed by atoms with van der Waals surface area (Å²) in [6.45, 7) is 4.41. The summed E-state index contributed by atoms with van der Waals surface area (Å²) in [4.78, 5) is 25.6. The minimum atomic E-state index is -0.392. The highest BCUT2D eigenvalue weighted by Crippen LogP contribution is 2.24. The van der Waals surface area contributed by atoms with E-state index in [1.807, 2.05) is 17.0 Å². The van der Waals surface area contributed by atoms with Gasteiger partial charge in [0.2, 0.25) is 5.91 Å². The lowest BCUT2D eigenvalue weighted by atomic mass is 9.94. The molecule has 2 atom stereocenters. The fraction of sp³-hybridized carbons (Fsp3) is 0.500. The summed E-state index contributed by atoms with van der Waals surface area (Å²) in [5.41, 5.74) is 2.51. The van der Waals surface area contributed by atoms with Crippen molar-refractivity contribution < 1.29 is 14.3 Å². The fourth-order valence-electron chi connectivity index (χ4n) is 2.68. The first-order chi connectivity index (χ1) is 9.52. The van der Waals surface area contributed by atoms with E-state index < -0.39 is 5.92 Å². The number of benzene rings is 1. The minimum Gasteiger partial charge on any atom is -0.469 e. The first-order valence-corrected chi connectivity index (χ1v) is 6.97. The molecule has 0 saturated carbocycles. The lowest BCUT2D eigenvalue weighted by molar-refractivity contribution is -0.149. The zero-order chi connectivity index (χ0) is 14.7. The Morgan fingerprint density at radius 2 is 2.00 bits per heavy atom. The van der Waals surface area contributed by atoms with Gasteiger partial charge in [0.05, 0.1) is 13.0 Å². The zero-order valence-corrected chi connectivity index (χ0v) is 12.3. The topological polar surface area (TPSA) is 46.6 Å². The molecule has 0 unspecified atom stereocenters. The Labute approximate surface area is 119 Å². The molecule has 1 heterocycles. The van der Waals surface area contributed by atoms with Gasteiger partial charge in [-0.05, 0) is 24.5 Å². The van der Waals surface area contributed by atoms with E-state index in [0.29, 0.717) is 6.54 Å². The number of nitrogens with zero attached hydrogens (tertiary/aromatic N) is 1. The Balaban J connectivity index is 2.06. The van der Waals surface area contributed by atoms with Gasteiger partial charge in [-0.1, -0.05) is 31.2 Å². The summed E-state index contributed by atoms with van der Waals surface area (Å²) < 4.78 is 4.67. The van der Waals surface area contributed by atoms with Gasteiger partial charge in [0.15, 0.2) is 0 Å². The fourth-order valence-corrected chi connectivity index (χ4v) is 2.68. The molecule has 1 aromatic rings. The SMILES string of the molecule is COC(=O)[C@@H](C)CC(=O)N1Cc2ccccc2C[C@H]1C. The molecular formula is C16H21NO3. The largest absolute Gasteiger partial charge is 0.469 e. The van der Waals surface area contributed by atoms with Gasteiger partial charge in [-0.2, -0.15) is 0 Å². The van der Waals surface area contributed by atoms with Crippen LogP contribution < -0.4 is 0 Å². The third kappa shape index (κ3) is 3.00. The third-order valence-electron chi connectivity index (χ3n) is 3.91. The predicted octanol–water partition coefficient (Wildman–Crippen LogP) is 2.16. The molecule has 0 spiro atoms. The van der Waals surface area contributed by atoms with E-state index >= 15 is 0 Å². The second-order valence-electron chi connectivity index (χ2n) is 5.47. The van der Waals surface area contributed by atoms with Crippen LogP contribution in [-0.2, 0) is 27.3 Å². The van der Waals surface area contributed by atoms with Crippen molar-refractivity contribution in [3.8, 4) is 0 Å². The van der Waals surface area contributed by atoms with Crippen molar-refractivity contribution in [2.75, 3.05) is 7.11 Å². The second-order valence-corrected chi connectivity index (χ2v) is 5.47. The van der Waals surface area contributed by atoms with Gasteiger partial charge in [-0.25, -0.2) is 0 Å². The number of amides is 1. The van der Waals surface area contributed by atoms with Crippen molar-refractivity contribution in [1.82, 2.24) is 4.90 Å². The van der Waals surface area contributed by atoms with E-state index in [2.05, 4.69) is 23.8 Å². The second kappa shape index (κ2) is 6.07. The van der Waals surface area contributed by atoms with Gasteiger partial charge in [0.1, 0.15) is 0 Å². The Morgan fingerprint density at radius 1 is 1.35 bits per heavy atom. The Kier molecular flexibility index (Phi) is 4.42. The molecule has 20 heavy (non-hydrogen) atoms. The smallest absolute Gasteiger partial charge is 0.308 e. The number of rotatable bonds is 3. The van der Waals surface area contributed by atoms with Crippen molar-refractivity contribution in [2.24, 2.45) is 5.92 Å². The van der Waals surface area contributed by atoms with E-state index in [0.717, 1.165) is 6.42 Å². The lowest BCUT2D eigenvalue weighted by Gasteiger charge is -2.35. The predicted molar refractivity (Wildman–Crippen MR) is 76.0 cm³/mol.